The molecular weight excluding hydrogens is 175 g/mol. The minimum Gasteiger partial charge on any atom is -0.328 e. The number of hydrogen-bond donors (Lipinski definition) is 1. The average Bonchev–Trinajstić information content (AvgIpc) is 1.78. The van der Waals surface area contributed by atoms with Crippen molar-refractivity contribution in [1.82, 2.24) is 0 Å². The highest BCUT2D eigenvalue weighted by molar-refractivity contribution is 7.99. The number of halogens is 3. The fraction of sp³-hybridized carbons (Fsp3) is 1.00. The van der Waals surface area contributed by atoms with Gasteiger partial charge in [0.05, 0.1) is 5.75 Å². The van der Waals surface area contributed by atoms with Crippen LogP contribution in [0.4, 0.5) is 13.2 Å². The summed E-state index contributed by atoms with van der Waals surface area (Å²) in [7, 11) is 0. The Hall–Kier alpha value is 0.100. The van der Waals surface area contributed by atoms with Crippen molar-refractivity contribution in [3.8, 4) is 0 Å². The molecule has 0 heterocycles. The molecule has 0 saturated carbocycles. The Morgan fingerprint density at radius 2 is 2.00 bits per heavy atom. The Morgan fingerprint density at radius 3 is 2.36 bits per heavy atom. The first-order chi connectivity index (χ1) is 4.92. The van der Waals surface area contributed by atoms with Crippen molar-refractivity contribution in [3.63, 3.8) is 0 Å². The normalized spacial score (nSPS) is 15.0. The molecule has 0 aromatic carbocycles. The predicted molar refractivity (Wildman–Crippen MR) is 41.6 cm³/mol. The molecule has 1 atom stereocenters. The first-order valence-corrected chi connectivity index (χ1v) is 4.47. The zero-order valence-corrected chi connectivity index (χ0v) is 7.13. The molecule has 2 N–H and O–H groups in total. The predicted octanol–water partition coefficient (Wildman–Crippen LogP) is 2.02. The molecule has 0 bridgehead atoms. The number of thioether (sulfide) groups is 1. The van der Waals surface area contributed by atoms with Gasteiger partial charge < -0.3 is 5.73 Å². The summed E-state index contributed by atoms with van der Waals surface area (Å²) in [6.45, 7) is 1.79. The second kappa shape index (κ2) is 4.87. The Bertz CT molecular complexity index is 102. The quantitative estimate of drug-likeness (QED) is 0.681. The lowest BCUT2D eigenvalue weighted by Crippen LogP contribution is -2.17. The number of rotatable bonds is 4. The van der Waals surface area contributed by atoms with Crippen LogP contribution in [0.3, 0.4) is 0 Å². The Labute approximate surface area is 68.5 Å². The van der Waals surface area contributed by atoms with Crippen LogP contribution in [0, 0.1) is 0 Å². The van der Waals surface area contributed by atoms with E-state index >= 15 is 0 Å². The topological polar surface area (TPSA) is 26.0 Å². The van der Waals surface area contributed by atoms with Gasteiger partial charge in [0.25, 0.3) is 0 Å². The van der Waals surface area contributed by atoms with Gasteiger partial charge in [0.1, 0.15) is 0 Å². The first-order valence-electron chi connectivity index (χ1n) is 3.32. The van der Waals surface area contributed by atoms with E-state index in [1.165, 1.54) is 0 Å². The molecule has 0 spiro atoms. The van der Waals surface area contributed by atoms with Crippen molar-refractivity contribution in [1.29, 1.82) is 0 Å². The molecule has 68 valence electrons. The van der Waals surface area contributed by atoms with Crippen LogP contribution < -0.4 is 5.73 Å². The lowest BCUT2D eigenvalue weighted by atomic mass is 10.3. The van der Waals surface area contributed by atoms with Gasteiger partial charge in [-0.25, -0.2) is 0 Å². The number of hydrogen-bond acceptors (Lipinski definition) is 2. The molecule has 0 rings (SSSR count). The molecule has 11 heavy (non-hydrogen) atoms. The van der Waals surface area contributed by atoms with Crippen LogP contribution >= 0.6 is 11.8 Å². The third-order valence-corrected chi connectivity index (χ3v) is 2.04. The van der Waals surface area contributed by atoms with Crippen molar-refractivity contribution in [2.75, 3.05) is 11.5 Å². The number of alkyl halides is 3. The van der Waals surface area contributed by atoms with Gasteiger partial charge in [0.2, 0.25) is 0 Å². The molecule has 5 heteroatoms. The van der Waals surface area contributed by atoms with Crippen LogP contribution in [-0.4, -0.2) is 23.7 Å². The van der Waals surface area contributed by atoms with Crippen molar-refractivity contribution >= 4 is 11.8 Å². The standard InChI is InChI=1S/C6H12F3NS/c1-5(10)2-3-11-4-6(7,8)9/h5H,2-4,10H2,1H3. The van der Waals surface area contributed by atoms with Crippen molar-refractivity contribution in [3.05, 3.63) is 0 Å². The summed E-state index contributed by atoms with van der Waals surface area (Å²) >= 11 is 0.884. The molecule has 1 unspecified atom stereocenters. The minimum atomic E-state index is -4.04. The van der Waals surface area contributed by atoms with Crippen molar-refractivity contribution in [2.24, 2.45) is 5.73 Å². The molecule has 0 aliphatic heterocycles. The van der Waals surface area contributed by atoms with Gasteiger partial charge in [-0.2, -0.15) is 24.9 Å². The maximum absolute atomic E-state index is 11.5. The van der Waals surface area contributed by atoms with Crippen LogP contribution in [0.2, 0.25) is 0 Å². The van der Waals surface area contributed by atoms with Gasteiger partial charge in [-0.1, -0.05) is 0 Å². The van der Waals surface area contributed by atoms with Crippen LogP contribution in [0.15, 0.2) is 0 Å². The van der Waals surface area contributed by atoms with E-state index < -0.39 is 11.9 Å². The molecule has 0 amide bonds. The van der Waals surface area contributed by atoms with Crippen molar-refractivity contribution < 1.29 is 13.2 Å². The molecule has 0 aliphatic rings. The monoisotopic (exact) mass is 187 g/mol. The average molecular weight is 187 g/mol. The SMILES string of the molecule is CC(N)CCSCC(F)(F)F. The van der Waals surface area contributed by atoms with Gasteiger partial charge in [-0.15, -0.1) is 0 Å². The van der Waals surface area contributed by atoms with Crippen LogP contribution in [0.25, 0.3) is 0 Å². The highest BCUT2D eigenvalue weighted by Crippen LogP contribution is 2.21. The van der Waals surface area contributed by atoms with Crippen LogP contribution in [0.1, 0.15) is 13.3 Å². The lowest BCUT2D eigenvalue weighted by molar-refractivity contribution is -0.105. The van der Waals surface area contributed by atoms with Gasteiger partial charge in [0, 0.05) is 6.04 Å². The molecule has 0 aromatic heterocycles. The van der Waals surface area contributed by atoms with E-state index in [9.17, 15) is 13.2 Å². The van der Waals surface area contributed by atoms with Gasteiger partial charge in [-0.3, -0.25) is 0 Å². The minimum absolute atomic E-state index is 0.00395. The third-order valence-electron chi connectivity index (χ3n) is 0.983. The lowest BCUT2D eigenvalue weighted by Gasteiger charge is -2.06. The summed E-state index contributed by atoms with van der Waals surface area (Å²) in [6, 6.07) is -0.00395. The summed E-state index contributed by atoms with van der Waals surface area (Å²) in [5.74, 6) is -0.281. The maximum atomic E-state index is 11.5. The van der Waals surface area contributed by atoms with E-state index in [0.29, 0.717) is 12.2 Å². The van der Waals surface area contributed by atoms with Crippen molar-refractivity contribution in [2.45, 2.75) is 25.6 Å². The third kappa shape index (κ3) is 10.1. The second-order valence-corrected chi connectivity index (χ2v) is 3.54. The summed E-state index contributed by atoms with van der Waals surface area (Å²) in [5, 5.41) is 0. The fourth-order valence-corrected chi connectivity index (χ4v) is 1.37. The maximum Gasteiger partial charge on any atom is 0.397 e. The van der Waals surface area contributed by atoms with Gasteiger partial charge in [-0.05, 0) is 19.1 Å². The Morgan fingerprint density at radius 1 is 1.45 bits per heavy atom. The van der Waals surface area contributed by atoms with Gasteiger partial charge in [0.15, 0.2) is 0 Å². The molecule has 0 saturated heterocycles. The van der Waals surface area contributed by atoms with Gasteiger partial charge >= 0.3 is 6.18 Å². The largest absolute Gasteiger partial charge is 0.397 e. The van der Waals surface area contributed by atoms with E-state index in [4.69, 9.17) is 5.73 Å². The summed E-state index contributed by atoms with van der Waals surface area (Å²) in [4.78, 5) is 0. The fourth-order valence-electron chi connectivity index (χ4n) is 0.457. The summed E-state index contributed by atoms with van der Waals surface area (Å²) in [5.41, 5.74) is 5.35. The zero-order valence-electron chi connectivity index (χ0n) is 6.32. The first kappa shape index (κ1) is 11.1. The molecule has 0 aliphatic carbocycles. The molecule has 0 radical (unpaired) electrons. The summed E-state index contributed by atoms with van der Waals surface area (Å²) < 4.78 is 34.6. The Kier molecular flexibility index (Phi) is 4.92. The van der Waals surface area contributed by atoms with E-state index in [2.05, 4.69) is 0 Å². The highest BCUT2D eigenvalue weighted by atomic mass is 32.2. The summed E-state index contributed by atoms with van der Waals surface area (Å²) in [6.07, 6.45) is -3.40. The molecule has 1 nitrogen and oxygen atoms in total. The smallest absolute Gasteiger partial charge is 0.328 e. The Balaban J connectivity index is 3.15. The number of nitrogens with two attached hydrogens (primary N) is 1. The van der Waals surface area contributed by atoms with E-state index in [1.807, 2.05) is 0 Å². The zero-order chi connectivity index (χ0) is 8.91. The molecule has 0 fully saturated rings. The van der Waals surface area contributed by atoms with E-state index in [0.717, 1.165) is 11.8 Å². The molecular formula is C6H12F3NS. The van der Waals surface area contributed by atoms with E-state index in [-0.39, 0.29) is 6.04 Å². The van der Waals surface area contributed by atoms with Crippen LogP contribution in [0.5, 0.6) is 0 Å². The van der Waals surface area contributed by atoms with Crippen LogP contribution in [-0.2, 0) is 0 Å². The second-order valence-electron chi connectivity index (χ2n) is 2.43. The van der Waals surface area contributed by atoms with E-state index in [1.54, 1.807) is 6.92 Å². The highest BCUT2D eigenvalue weighted by Gasteiger charge is 2.26. The molecule has 0 aromatic rings.